The molecule has 3 rings (SSSR count). The van der Waals surface area contributed by atoms with Crippen LogP contribution in [0.15, 0.2) is 84.6 Å². The van der Waals surface area contributed by atoms with E-state index in [-0.39, 0.29) is 11.4 Å². The summed E-state index contributed by atoms with van der Waals surface area (Å²) in [5, 5.41) is 16.2. The number of nitro groups is 1. The van der Waals surface area contributed by atoms with Crippen LogP contribution in [0.5, 0.6) is 5.75 Å². The normalized spacial score (nSPS) is 10.9. The Labute approximate surface area is 197 Å². The van der Waals surface area contributed by atoms with Crippen molar-refractivity contribution in [3.8, 4) is 5.75 Å². The van der Waals surface area contributed by atoms with Crippen molar-refractivity contribution in [3.63, 3.8) is 0 Å². The Bertz CT molecular complexity index is 1170. The van der Waals surface area contributed by atoms with Crippen molar-refractivity contribution in [2.75, 3.05) is 11.9 Å². The van der Waals surface area contributed by atoms with Crippen LogP contribution < -0.4 is 15.4 Å². The zero-order valence-corrected chi connectivity index (χ0v) is 18.7. The summed E-state index contributed by atoms with van der Waals surface area (Å²) in [5.74, 6) is -0.315. The van der Waals surface area contributed by atoms with Crippen LogP contribution in [0.1, 0.15) is 24.5 Å². The molecule has 8 heteroatoms. The molecule has 0 aromatic heterocycles. The van der Waals surface area contributed by atoms with Gasteiger partial charge in [-0.05, 0) is 54.3 Å². The zero-order valence-electron chi connectivity index (χ0n) is 18.7. The molecule has 0 radical (unpaired) electrons. The molecule has 0 spiro atoms. The van der Waals surface area contributed by atoms with E-state index in [2.05, 4.69) is 22.8 Å². The molecule has 0 unspecified atom stereocenters. The number of ether oxygens (including phenoxy) is 1. The van der Waals surface area contributed by atoms with Crippen LogP contribution in [0, 0.1) is 10.1 Å². The van der Waals surface area contributed by atoms with Gasteiger partial charge in [-0.3, -0.25) is 19.7 Å². The highest BCUT2D eigenvalue weighted by atomic mass is 16.6. The molecule has 0 aliphatic heterocycles. The van der Waals surface area contributed by atoms with Crippen LogP contribution in [0.3, 0.4) is 0 Å². The first-order valence-electron chi connectivity index (χ1n) is 10.7. The molecule has 0 aliphatic rings. The molecule has 174 valence electrons. The van der Waals surface area contributed by atoms with E-state index in [1.165, 1.54) is 36.8 Å². The Balaban J connectivity index is 1.60. The van der Waals surface area contributed by atoms with Crippen LogP contribution in [-0.4, -0.2) is 23.3 Å². The molecular weight excluding hydrogens is 434 g/mol. The number of anilines is 1. The Hall–Kier alpha value is -4.46. The van der Waals surface area contributed by atoms with Crippen LogP contribution >= 0.6 is 0 Å². The lowest BCUT2D eigenvalue weighted by molar-refractivity contribution is -0.384. The van der Waals surface area contributed by atoms with Gasteiger partial charge in [0.1, 0.15) is 11.4 Å². The highest BCUT2D eigenvalue weighted by molar-refractivity contribution is 6.08. The third-order valence-corrected chi connectivity index (χ3v) is 4.78. The van der Waals surface area contributed by atoms with Gasteiger partial charge in [0.25, 0.3) is 11.6 Å². The minimum absolute atomic E-state index is 0.0331. The predicted molar refractivity (Wildman–Crippen MR) is 130 cm³/mol. The van der Waals surface area contributed by atoms with E-state index in [9.17, 15) is 19.7 Å². The molecule has 3 aromatic rings. The highest BCUT2D eigenvalue weighted by Gasteiger charge is 2.13. The number of nitrogens with one attached hydrogen (secondary N) is 2. The standard InChI is InChI=1S/C26H25N3O5/c1-19(30)27-25(18-21-9-5-11-23(17-21)29(32)33)26(31)28-22-12-14-24(15-13-22)34-16-6-10-20-7-3-2-4-8-20/h2-5,7-9,11-15,17-18H,6,10,16H2,1H3,(H,27,30)(H,28,31)/b25-18-. The van der Waals surface area contributed by atoms with Crippen molar-refractivity contribution in [2.45, 2.75) is 19.8 Å². The summed E-state index contributed by atoms with van der Waals surface area (Å²) in [6.45, 7) is 1.84. The molecule has 0 fully saturated rings. The SMILES string of the molecule is CC(=O)N/C(=C\c1cccc([N+](=O)[O-])c1)C(=O)Nc1ccc(OCCCc2ccccc2)cc1. The van der Waals surface area contributed by atoms with E-state index in [0.29, 0.717) is 23.6 Å². The molecule has 0 bridgehead atoms. The minimum atomic E-state index is -0.557. The number of non-ortho nitro benzene ring substituents is 1. The van der Waals surface area contributed by atoms with E-state index < -0.39 is 16.7 Å². The zero-order chi connectivity index (χ0) is 24.3. The average molecular weight is 460 g/mol. The Morgan fingerprint density at radius 1 is 1.00 bits per heavy atom. The van der Waals surface area contributed by atoms with Gasteiger partial charge in [-0.25, -0.2) is 0 Å². The lowest BCUT2D eigenvalue weighted by atomic mass is 10.1. The molecular formula is C26H25N3O5. The van der Waals surface area contributed by atoms with E-state index in [0.717, 1.165) is 12.8 Å². The van der Waals surface area contributed by atoms with Gasteiger partial charge in [-0.1, -0.05) is 42.5 Å². The number of hydrogen-bond donors (Lipinski definition) is 2. The second-order valence-electron chi connectivity index (χ2n) is 7.51. The van der Waals surface area contributed by atoms with Gasteiger partial charge in [0.15, 0.2) is 0 Å². The van der Waals surface area contributed by atoms with Gasteiger partial charge < -0.3 is 15.4 Å². The monoisotopic (exact) mass is 459 g/mol. The van der Waals surface area contributed by atoms with Crippen LogP contribution in [0.4, 0.5) is 11.4 Å². The number of rotatable bonds is 10. The van der Waals surface area contributed by atoms with Crippen molar-refractivity contribution in [2.24, 2.45) is 0 Å². The molecule has 34 heavy (non-hydrogen) atoms. The Morgan fingerprint density at radius 2 is 1.74 bits per heavy atom. The van der Waals surface area contributed by atoms with Gasteiger partial charge in [0.2, 0.25) is 5.91 Å². The molecule has 2 N–H and O–H groups in total. The van der Waals surface area contributed by atoms with Crippen molar-refractivity contribution >= 4 is 29.3 Å². The van der Waals surface area contributed by atoms with E-state index in [4.69, 9.17) is 4.74 Å². The molecule has 0 saturated carbocycles. The topological polar surface area (TPSA) is 111 Å². The first kappa shape index (κ1) is 24.2. The molecule has 0 aliphatic carbocycles. The fourth-order valence-corrected chi connectivity index (χ4v) is 3.19. The second-order valence-corrected chi connectivity index (χ2v) is 7.51. The molecule has 0 atom stereocenters. The quantitative estimate of drug-likeness (QED) is 0.197. The van der Waals surface area contributed by atoms with Crippen LogP contribution in [-0.2, 0) is 16.0 Å². The fraction of sp³-hybridized carbons (Fsp3) is 0.154. The summed E-state index contributed by atoms with van der Waals surface area (Å²) < 4.78 is 5.76. The lowest BCUT2D eigenvalue weighted by Crippen LogP contribution is -2.28. The first-order valence-corrected chi connectivity index (χ1v) is 10.7. The third-order valence-electron chi connectivity index (χ3n) is 4.78. The summed E-state index contributed by atoms with van der Waals surface area (Å²) in [7, 11) is 0. The summed E-state index contributed by atoms with van der Waals surface area (Å²) in [6.07, 6.45) is 3.19. The van der Waals surface area contributed by atoms with E-state index in [1.807, 2.05) is 18.2 Å². The number of benzene rings is 3. The van der Waals surface area contributed by atoms with Crippen molar-refractivity contribution < 1.29 is 19.2 Å². The fourth-order valence-electron chi connectivity index (χ4n) is 3.19. The van der Waals surface area contributed by atoms with Gasteiger partial charge in [0.05, 0.1) is 11.5 Å². The number of carbonyl (C=O) groups excluding carboxylic acids is 2. The number of hydrogen-bond acceptors (Lipinski definition) is 5. The largest absolute Gasteiger partial charge is 0.494 e. The van der Waals surface area contributed by atoms with Crippen LogP contribution in [0.25, 0.3) is 6.08 Å². The predicted octanol–water partition coefficient (Wildman–Crippen LogP) is 4.72. The number of aryl methyl sites for hydroxylation is 1. The van der Waals surface area contributed by atoms with Crippen molar-refractivity contribution in [3.05, 3.63) is 106 Å². The minimum Gasteiger partial charge on any atom is -0.494 e. The summed E-state index contributed by atoms with van der Waals surface area (Å²) >= 11 is 0. The molecule has 2 amide bonds. The van der Waals surface area contributed by atoms with Gasteiger partial charge in [0, 0.05) is 24.7 Å². The van der Waals surface area contributed by atoms with Gasteiger partial charge in [-0.2, -0.15) is 0 Å². The maximum absolute atomic E-state index is 12.7. The highest BCUT2D eigenvalue weighted by Crippen LogP contribution is 2.18. The van der Waals surface area contributed by atoms with Gasteiger partial charge in [-0.15, -0.1) is 0 Å². The molecule has 3 aromatic carbocycles. The maximum atomic E-state index is 12.7. The Morgan fingerprint density at radius 3 is 2.41 bits per heavy atom. The molecule has 8 nitrogen and oxygen atoms in total. The van der Waals surface area contributed by atoms with Crippen molar-refractivity contribution in [1.29, 1.82) is 0 Å². The van der Waals surface area contributed by atoms with Gasteiger partial charge >= 0.3 is 0 Å². The number of amides is 2. The second kappa shape index (κ2) is 12.0. The third kappa shape index (κ3) is 7.59. The Kier molecular flexibility index (Phi) is 8.51. The van der Waals surface area contributed by atoms with E-state index >= 15 is 0 Å². The average Bonchev–Trinajstić information content (AvgIpc) is 2.83. The number of nitro benzene ring substituents is 1. The van der Waals surface area contributed by atoms with E-state index in [1.54, 1.807) is 30.3 Å². The number of nitrogens with zero attached hydrogens (tertiary/aromatic N) is 1. The molecule has 0 heterocycles. The first-order chi connectivity index (χ1) is 16.4. The summed E-state index contributed by atoms with van der Waals surface area (Å²) in [6, 6.07) is 22.9. The summed E-state index contributed by atoms with van der Waals surface area (Å²) in [4.78, 5) is 34.8. The smallest absolute Gasteiger partial charge is 0.272 e. The molecule has 0 saturated heterocycles. The maximum Gasteiger partial charge on any atom is 0.272 e. The lowest BCUT2D eigenvalue weighted by Gasteiger charge is -2.11. The number of carbonyl (C=O) groups is 2. The van der Waals surface area contributed by atoms with Crippen LogP contribution in [0.2, 0.25) is 0 Å². The van der Waals surface area contributed by atoms with Crippen molar-refractivity contribution in [1.82, 2.24) is 5.32 Å². The summed E-state index contributed by atoms with van der Waals surface area (Å²) in [5.41, 5.74) is 2.03.